The second kappa shape index (κ2) is 7.67. The first-order valence-corrected chi connectivity index (χ1v) is 8.81. The molecule has 9 heteroatoms. The van der Waals surface area contributed by atoms with Gasteiger partial charge in [0, 0.05) is 27.7 Å². The summed E-state index contributed by atoms with van der Waals surface area (Å²) in [6, 6.07) is 10.9. The standard InChI is InChI=1S/C19H13BrF3NO4/c1-10(18(26)24-12-4-2-3-11(20)7-12)27-13-5-6-14-15(19(21,22)23)9-17(25)28-16(14)8-13/h2-10H,1H3,(H,24,26). The summed E-state index contributed by atoms with van der Waals surface area (Å²) in [7, 11) is 0. The van der Waals surface area contributed by atoms with E-state index in [0.29, 0.717) is 11.8 Å². The van der Waals surface area contributed by atoms with Crippen LogP contribution in [0.2, 0.25) is 0 Å². The molecule has 3 rings (SSSR count). The van der Waals surface area contributed by atoms with Gasteiger partial charge in [0.05, 0.1) is 5.56 Å². The van der Waals surface area contributed by atoms with Crippen LogP contribution in [-0.4, -0.2) is 12.0 Å². The molecule has 0 aliphatic carbocycles. The Hall–Kier alpha value is -2.81. The summed E-state index contributed by atoms with van der Waals surface area (Å²) >= 11 is 3.29. The van der Waals surface area contributed by atoms with Crippen molar-refractivity contribution >= 4 is 38.5 Å². The van der Waals surface area contributed by atoms with Crippen LogP contribution >= 0.6 is 15.9 Å². The van der Waals surface area contributed by atoms with E-state index >= 15 is 0 Å². The molecule has 0 saturated heterocycles. The first kappa shape index (κ1) is 19.9. The predicted molar refractivity (Wildman–Crippen MR) is 100 cm³/mol. The molecular formula is C19H13BrF3NO4. The Kier molecular flexibility index (Phi) is 5.46. The van der Waals surface area contributed by atoms with Crippen LogP contribution in [-0.2, 0) is 11.0 Å². The van der Waals surface area contributed by atoms with Crippen molar-refractivity contribution < 1.29 is 27.1 Å². The van der Waals surface area contributed by atoms with Gasteiger partial charge in [-0.3, -0.25) is 4.79 Å². The third-order valence-corrected chi connectivity index (χ3v) is 4.29. The minimum absolute atomic E-state index is 0.0897. The maximum atomic E-state index is 13.1. The van der Waals surface area contributed by atoms with Crippen LogP contribution in [0.4, 0.5) is 18.9 Å². The Morgan fingerprint density at radius 3 is 2.61 bits per heavy atom. The van der Waals surface area contributed by atoms with Crippen LogP contribution < -0.4 is 15.7 Å². The maximum Gasteiger partial charge on any atom is 0.417 e. The highest BCUT2D eigenvalue weighted by atomic mass is 79.9. The molecule has 0 fully saturated rings. The van der Waals surface area contributed by atoms with E-state index in [-0.39, 0.29) is 16.7 Å². The van der Waals surface area contributed by atoms with E-state index in [1.165, 1.54) is 13.0 Å². The average Bonchev–Trinajstić information content (AvgIpc) is 2.59. The number of ether oxygens (including phenoxy) is 1. The van der Waals surface area contributed by atoms with Crippen molar-refractivity contribution in [2.24, 2.45) is 0 Å². The number of carbonyl (C=O) groups is 1. The molecule has 0 radical (unpaired) electrons. The summed E-state index contributed by atoms with van der Waals surface area (Å²) in [5, 5.41) is 2.39. The number of amides is 1. The van der Waals surface area contributed by atoms with E-state index in [1.54, 1.807) is 24.3 Å². The third kappa shape index (κ3) is 4.53. The second-order valence-electron chi connectivity index (χ2n) is 5.89. The van der Waals surface area contributed by atoms with Crippen LogP contribution in [0, 0.1) is 0 Å². The Labute approximate surface area is 165 Å². The fourth-order valence-electron chi connectivity index (χ4n) is 2.52. The first-order valence-electron chi connectivity index (χ1n) is 8.02. The monoisotopic (exact) mass is 455 g/mol. The molecule has 1 unspecified atom stereocenters. The molecule has 146 valence electrons. The lowest BCUT2D eigenvalue weighted by Crippen LogP contribution is -2.30. The van der Waals surface area contributed by atoms with Crippen LogP contribution in [0.1, 0.15) is 12.5 Å². The summed E-state index contributed by atoms with van der Waals surface area (Å²) in [6.07, 6.45) is -5.65. The molecule has 1 atom stereocenters. The zero-order valence-corrected chi connectivity index (χ0v) is 15.9. The van der Waals surface area contributed by atoms with E-state index in [2.05, 4.69) is 21.2 Å². The number of fused-ring (bicyclic) bond motifs is 1. The molecule has 0 saturated carbocycles. The number of nitrogens with one attached hydrogen (secondary N) is 1. The van der Waals surface area contributed by atoms with E-state index in [1.807, 2.05) is 0 Å². The fourth-order valence-corrected chi connectivity index (χ4v) is 2.92. The van der Waals surface area contributed by atoms with Gasteiger partial charge in [-0.1, -0.05) is 22.0 Å². The van der Waals surface area contributed by atoms with Crippen molar-refractivity contribution in [3.05, 3.63) is 69.0 Å². The molecule has 1 aromatic heterocycles. The summed E-state index contributed by atoms with van der Waals surface area (Å²) < 4.78 is 50.4. The molecule has 0 spiro atoms. The Balaban J connectivity index is 1.82. The Morgan fingerprint density at radius 1 is 1.18 bits per heavy atom. The summed E-state index contributed by atoms with van der Waals surface area (Å²) in [5.74, 6) is -0.365. The van der Waals surface area contributed by atoms with E-state index in [0.717, 1.165) is 16.6 Å². The average molecular weight is 456 g/mol. The van der Waals surface area contributed by atoms with Gasteiger partial charge in [0.25, 0.3) is 5.91 Å². The number of rotatable bonds is 4. The van der Waals surface area contributed by atoms with Crippen LogP contribution in [0.15, 0.2) is 62.2 Å². The maximum absolute atomic E-state index is 13.1. The van der Waals surface area contributed by atoms with Gasteiger partial charge in [-0.25, -0.2) is 4.79 Å². The van der Waals surface area contributed by atoms with Gasteiger partial charge in [0.15, 0.2) is 6.10 Å². The molecule has 3 aromatic rings. The quantitative estimate of drug-likeness (QED) is 0.563. The Bertz CT molecular complexity index is 1090. The third-order valence-electron chi connectivity index (χ3n) is 3.80. The summed E-state index contributed by atoms with van der Waals surface area (Å²) in [4.78, 5) is 23.7. The molecule has 0 aliphatic rings. The van der Waals surface area contributed by atoms with Crippen LogP contribution in [0.5, 0.6) is 5.75 Å². The molecule has 0 aliphatic heterocycles. The van der Waals surface area contributed by atoms with Crippen molar-refractivity contribution in [3.8, 4) is 5.75 Å². The summed E-state index contributed by atoms with van der Waals surface area (Å²) in [5.41, 5.74) is -1.95. The number of hydrogen-bond donors (Lipinski definition) is 1. The topological polar surface area (TPSA) is 68.5 Å². The van der Waals surface area contributed by atoms with Gasteiger partial charge in [-0.05, 0) is 37.3 Å². The molecule has 28 heavy (non-hydrogen) atoms. The van der Waals surface area contributed by atoms with E-state index in [9.17, 15) is 22.8 Å². The number of benzene rings is 2. The van der Waals surface area contributed by atoms with Crippen molar-refractivity contribution in [2.45, 2.75) is 19.2 Å². The first-order chi connectivity index (χ1) is 13.1. The number of carbonyl (C=O) groups excluding carboxylic acids is 1. The summed E-state index contributed by atoms with van der Waals surface area (Å²) in [6.45, 7) is 1.49. The zero-order chi connectivity index (χ0) is 20.5. The van der Waals surface area contributed by atoms with E-state index in [4.69, 9.17) is 9.15 Å². The van der Waals surface area contributed by atoms with Crippen molar-refractivity contribution in [3.63, 3.8) is 0 Å². The predicted octanol–water partition coefficient (Wildman–Crippen LogP) is 4.98. The normalized spacial score (nSPS) is 12.6. The van der Waals surface area contributed by atoms with Gasteiger partial charge in [-0.15, -0.1) is 0 Å². The molecule has 0 bridgehead atoms. The fraction of sp³-hybridized carbons (Fsp3) is 0.158. The van der Waals surface area contributed by atoms with Gasteiger partial charge in [0.2, 0.25) is 0 Å². The lowest BCUT2D eigenvalue weighted by atomic mass is 10.1. The van der Waals surface area contributed by atoms with Gasteiger partial charge in [0.1, 0.15) is 11.3 Å². The SMILES string of the molecule is CC(Oc1ccc2c(C(F)(F)F)cc(=O)oc2c1)C(=O)Nc1cccc(Br)c1. The molecular weight excluding hydrogens is 443 g/mol. The zero-order valence-electron chi connectivity index (χ0n) is 14.3. The lowest BCUT2D eigenvalue weighted by molar-refractivity contribution is -0.136. The number of halogens is 4. The highest BCUT2D eigenvalue weighted by molar-refractivity contribution is 9.10. The molecule has 5 nitrogen and oxygen atoms in total. The Morgan fingerprint density at radius 2 is 1.93 bits per heavy atom. The molecule has 1 heterocycles. The van der Waals surface area contributed by atoms with E-state index < -0.39 is 29.4 Å². The van der Waals surface area contributed by atoms with Crippen molar-refractivity contribution in [1.29, 1.82) is 0 Å². The minimum Gasteiger partial charge on any atom is -0.481 e. The highest BCUT2D eigenvalue weighted by Crippen LogP contribution is 2.35. The van der Waals surface area contributed by atoms with Gasteiger partial charge >= 0.3 is 11.8 Å². The second-order valence-corrected chi connectivity index (χ2v) is 6.81. The smallest absolute Gasteiger partial charge is 0.417 e. The largest absolute Gasteiger partial charge is 0.481 e. The van der Waals surface area contributed by atoms with Gasteiger partial charge in [-0.2, -0.15) is 13.2 Å². The van der Waals surface area contributed by atoms with Crippen molar-refractivity contribution in [1.82, 2.24) is 0 Å². The minimum atomic E-state index is -4.70. The molecule has 1 amide bonds. The number of anilines is 1. The lowest BCUT2D eigenvalue weighted by Gasteiger charge is -2.15. The number of hydrogen-bond acceptors (Lipinski definition) is 4. The highest BCUT2D eigenvalue weighted by Gasteiger charge is 2.34. The molecule has 1 N–H and O–H groups in total. The van der Waals surface area contributed by atoms with Crippen LogP contribution in [0.3, 0.4) is 0 Å². The van der Waals surface area contributed by atoms with Crippen LogP contribution in [0.25, 0.3) is 11.0 Å². The number of alkyl halides is 3. The van der Waals surface area contributed by atoms with Crippen molar-refractivity contribution in [2.75, 3.05) is 5.32 Å². The van der Waals surface area contributed by atoms with Gasteiger partial charge < -0.3 is 14.5 Å². The molecule has 2 aromatic carbocycles.